The highest BCUT2D eigenvalue weighted by Gasteiger charge is 2.31. The molecule has 0 aliphatic carbocycles. The monoisotopic (exact) mass is 436 g/mol. The van der Waals surface area contributed by atoms with Crippen LogP contribution in [0.3, 0.4) is 0 Å². The number of thioether (sulfide) groups is 1. The lowest BCUT2D eigenvalue weighted by molar-refractivity contribution is -0.118. The summed E-state index contributed by atoms with van der Waals surface area (Å²) < 4.78 is 0. The van der Waals surface area contributed by atoms with Gasteiger partial charge in [-0.1, -0.05) is 54.2 Å². The van der Waals surface area contributed by atoms with E-state index in [-0.39, 0.29) is 22.3 Å². The molecule has 2 heterocycles. The molecule has 0 spiro atoms. The van der Waals surface area contributed by atoms with Crippen LogP contribution in [-0.2, 0) is 17.8 Å². The van der Waals surface area contributed by atoms with E-state index in [0.717, 1.165) is 34.0 Å². The highest BCUT2D eigenvalue weighted by Crippen LogP contribution is 2.26. The predicted molar refractivity (Wildman–Crippen MR) is 121 cm³/mol. The lowest BCUT2D eigenvalue weighted by Gasteiger charge is -2.17. The molecule has 3 amide bonds. The van der Waals surface area contributed by atoms with Crippen LogP contribution in [0.2, 0.25) is 0 Å². The van der Waals surface area contributed by atoms with E-state index in [1.807, 2.05) is 66.3 Å². The minimum Gasteiger partial charge on any atom is -0.337 e. The summed E-state index contributed by atoms with van der Waals surface area (Å²) in [6.45, 7) is 0.530. The summed E-state index contributed by atoms with van der Waals surface area (Å²) in [4.78, 5) is 37.3. The van der Waals surface area contributed by atoms with Gasteiger partial charge in [0.25, 0.3) is 11.1 Å². The van der Waals surface area contributed by atoms with Crippen molar-refractivity contribution in [2.24, 2.45) is 0 Å². The standard InChI is InChI=1S/C23H20N2O3S2/c1-25(22(27)19-9-10-29-14-19)13-16-3-2-4-18(11-16)17-7-5-15(6-8-17)12-20-21(26)24-23(28)30-20/h2-11,14,20H,12-13H2,1H3,(H,24,26,28). The largest absolute Gasteiger partial charge is 0.337 e. The summed E-state index contributed by atoms with van der Waals surface area (Å²) in [6.07, 6.45) is 0.526. The number of amides is 3. The Balaban J connectivity index is 1.44. The van der Waals surface area contributed by atoms with Crippen LogP contribution in [0.15, 0.2) is 65.4 Å². The van der Waals surface area contributed by atoms with Crippen molar-refractivity contribution in [3.05, 3.63) is 82.0 Å². The van der Waals surface area contributed by atoms with Gasteiger partial charge in [0.15, 0.2) is 0 Å². The Morgan fingerprint density at radius 2 is 1.83 bits per heavy atom. The zero-order valence-electron chi connectivity index (χ0n) is 16.3. The van der Waals surface area contributed by atoms with Crippen molar-refractivity contribution in [3.8, 4) is 11.1 Å². The van der Waals surface area contributed by atoms with E-state index >= 15 is 0 Å². The van der Waals surface area contributed by atoms with Crippen molar-refractivity contribution in [2.45, 2.75) is 18.2 Å². The van der Waals surface area contributed by atoms with Crippen LogP contribution >= 0.6 is 23.1 Å². The fourth-order valence-corrected chi connectivity index (χ4v) is 4.87. The molecule has 1 fully saturated rings. The van der Waals surface area contributed by atoms with E-state index in [4.69, 9.17) is 0 Å². The van der Waals surface area contributed by atoms with Gasteiger partial charge < -0.3 is 4.90 Å². The summed E-state index contributed by atoms with van der Waals surface area (Å²) in [6, 6.07) is 18.0. The molecule has 0 saturated carbocycles. The molecule has 1 aliphatic heterocycles. The molecule has 3 aromatic rings. The normalized spacial score (nSPS) is 15.8. The summed E-state index contributed by atoms with van der Waals surface area (Å²) in [5, 5.41) is 5.45. The second-order valence-electron chi connectivity index (χ2n) is 7.16. The number of hydrogen-bond acceptors (Lipinski definition) is 5. The number of carbonyl (C=O) groups is 3. The molecule has 1 saturated heterocycles. The molecule has 30 heavy (non-hydrogen) atoms. The number of nitrogens with zero attached hydrogens (tertiary/aromatic N) is 1. The zero-order chi connectivity index (χ0) is 21.1. The van der Waals surface area contributed by atoms with Gasteiger partial charge in [-0.3, -0.25) is 19.7 Å². The Morgan fingerprint density at radius 1 is 1.03 bits per heavy atom. The first-order valence-corrected chi connectivity index (χ1v) is 11.3. The van der Waals surface area contributed by atoms with Crippen LogP contribution in [0.25, 0.3) is 11.1 Å². The van der Waals surface area contributed by atoms with Crippen molar-refractivity contribution in [1.82, 2.24) is 10.2 Å². The van der Waals surface area contributed by atoms with Crippen LogP contribution in [0.1, 0.15) is 21.5 Å². The van der Waals surface area contributed by atoms with Crippen LogP contribution in [-0.4, -0.2) is 34.3 Å². The number of thiophene rings is 1. The molecule has 1 aromatic heterocycles. The van der Waals surface area contributed by atoms with Crippen molar-refractivity contribution in [1.29, 1.82) is 0 Å². The fraction of sp³-hybridized carbons (Fsp3) is 0.174. The third kappa shape index (κ3) is 4.63. The van der Waals surface area contributed by atoms with Gasteiger partial charge >= 0.3 is 0 Å². The second-order valence-corrected chi connectivity index (χ2v) is 9.11. The first-order valence-electron chi connectivity index (χ1n) is 9.47. The molecule has 1 aliphatic rings. The lowest BCUT2D eigenvalue weighted by Crippen LogP contribution is -2.25. The molecule has 2 aromatic carbocycles. The Hall–Kier alpha value is -2.90. The molecule has 7 heteroatoms. The number of nitrogens with one attached hydrogen (secondary N) is 1. The third-order valence-electron chi connectivity index (χ3n) is 4.94. The molecule has 1 atom stereocenters. The molecule has 1 N–H and O–H groups in total. The second kappa shape index (κ2) is 8.85. The SMILES string of the molecule is CN(Cc1cccc(-c2ccc(CC3SC(=O)NC3=O)cc2)c1)C(=O)c1ccsc1. The minimum absolute atomic E-state index is 0.0123. The van der Waals surface area contributed by atoms with E-state index in [0.29, 0.717) is 18.5 Å². The number of benzene rings is 2. The van der Waals surface area contributed by atoms with Gasteiger partial charge in [-0.25, -0.2) is 0 Å². The minimum atomic E-state index is -0.358. The number of rotatable bonds is 6. The van der Waals surface area contributed by atoms with E-state index in [1.165, 1.54) is 11.3 Å². The maximum absolute atomic E-state index is 12.5. The van der Waals surface area contributed by atoms with Crippen LogP contribution in [0.4, 0.5) is 4.79 Å². The molecule has 152 valence electrons. The predicted octanol–water partition coefficient (Wildman–Crippen LogP) is 4.58. The van der Waals surface area contributed by atoms with Gasteiger partial charge in [0.1, 0.15) is 0 Å². The van der Waals surface area contributed by atoms with Gasteiger partial charge in [0.05, 0.1) is 10.8 Å². The van der Waals surface area contributed by atoms with Gasteiger partial charge in [0, 0.05) is 19.0 Å². The zero-order valence-corrected chi connectivity index (χ0v) is 18.0. The average molecular weight is 437 g/mol. The van der Waals surface area contributed by atoms with Crippen LogP contribution < -0.4 is 5.32 Å². The van der Waals surface area contributed by atoms with E-state index < -0.39 is 0 Å². The Morgan fingerprint density at radius 3 is 2.50 bits per heavy atom. The van der Waals surface area contributed by atoms with E-state index in [2.05, 4.69) is 11.4 Å². The Bertz CT molecular complexity index is 1080. The maximum atomic E-state index is 12.5. The highest BCUT2D eigenvalue weighted by atomic mass is 32.2. The fourth-order valence-electron chi connectivity index (χ4n) is 3.38. The third-order valence-corrected chi connectivity index (χ3v) is 6.60. The number of imide groups is 1. The molecule has 0 radical (unpaired) electrons. The number of carbonyl (C=O) groups excluding carboxylic acids is 3. The van der Waals surface area contributed by atoms with Crippen LogP contribution in [0.5, 0.6) is 0 Å². The molecule has 1 unspecified atom stereocenters. The van der Waals surface area contributed by atoms with Crippen molar-refractivity contribution in [3.63, 3.8) is 0 Å². The van der Waals surface area contributed by atoms with Gasteiger partial charge in [-0.2, -0.15) is 11.3 Å². The first-order chi connectivity index (χ1) is 14.5. The molecular formula is C23H20N2O3S2. The van der Waals surface area contributed by atoms with E-state index in [1.54, 1.807) is 4.90 Å². The summed E-state index contributed by atoms with van der Waals surface area (Å²) in [7, 11) is 1.81. The quantitative estimate of drug-likeness (QED) is 0.614. The van der Waals surface area contributed by atoms with Gasteiger partial charge in [-0.05, 0) is 46.2 Å². The maximum Gasteiger partial charge on any atom is 0.286 e. The van der Waals surface area contributed by atoms with Crippen molar-refractivity contribution >= 4 is 40.2 Å². The molecule has 0 bridgehead atoms. The smallest absolute Gasteiger partial charge is 0.286 e. The van der Waals surface area contributed by atoms with E-state index in [9.17, 15) is 14.4 Å². The topological polar surface area (TPSA) is 66.5 Å². The first kappa shape index (κ1) is 20.4. The average Bonchev–Trinajstić information content (AvgIpc) is 3.38. The molecule has 4 rings (SSSR count). The van der Waals surface area contributed by atoms with Gasteiger partial charge in [0.2, 0.25) is 5.91 Å². The van der Waals surface area contributed by atoms with Crippen molar-refractivity contribution in [2.75, 3.05) is 7.05 Å². The molecular weight excluding hydrogens is 416 g/mol. The summed E-state index contributed by atoms with van der Waals surface area (Å²) in [5.41, 5.74) is 4.91. The Kier molecular flexibility index (Phi) is 6.01. The number of hydrogen-bond donors (Lipinski definition) is 1. The lowest BCUT2D eigenvalue weighted by atomic mass is 10.00. The summed E-state index contributed by atoms with van der Waals surface area (Å²) >= 11 is 2.56. The van der Waals surface area contributed by atoms with Gasteiger partial charge in [-0.15, -0.1) is 0 Å². The summed E-state index contributed by atoms with van der Waals surface area (Å²) in [5.74, 6) is -0.207. The highest BCUT2D eigenvalue weighted by molar-refractivity contribution is 8.15. The molecule has 5 nitrogen and oxygen atoms in total. The van der Waals surface area contributed by atoms with Crippen LogP contribution in [0, 0.1) is 0 Å². The van der Waals surface area contributed by atoms with Crippen molar-refractivity contribution < 1.29 is 14.4 Å². The Labute approximate surface area is 183 Å².